The molecule has 0 aromatic heterocycles. The second kappa shape index (κ2) is 5.49. The van der Waals surface area contributed by atoms with Gasteiger partial charge in [0.15, 0.2) is 0 Å². The van der Waals surface area contributed by atoms with Gasteiger partial charge in [0.1, 0.15) is 6.10 Å². The molecule has 0 saturated heterocycles. The van der Waals surface area contributed by atoms with Crippen molar-refractivity contribution in [1.82, 2.24) is 0 Å². The molecule has 0 radical (unpaired) electrons. The predicted molar refractivity (Wildman–Crippen MR) is 62.9 cm³/mol. The molecule has 2 atom stereocenters. The standard InChI is InChI=1S/C9H10ClNO4S/c10-7-3-5(11(14)15)1-2-6(7)9(13)8(12)4-16/h1-3,8-9,12-13,16H,4H2. The van der Waals surface area contributed by atoms with E-state index in [9.17, 15) is 20.3 Å². The van der Waals surface area contributed by atoms with Crippen LogP contribution < -0.4 is 0 Å². The van der Waals surface area contributed by atoms with E-state index in [1.165, 1.54) is 12.1 Å². The fraction of sp³-hybridized carbons (Fsp3) is 0.333. The molecule has 0 fully saturated rings. The second-order valence-electron chi connectivity index (χ2n) is 3.16. The van der Waals surface area contributed by atoms with E-state index in [-0.39, 0.29) is 22.0 Å². The minimum atomic E-state index is -1.20. The third-order valence-corrected chi connectivity index (χ3v) is 2.77. The van der Waals surface area contributed by atoms with Crippen molar-refractivity contribution in [2.24, 2.45) is 0 Å². The maximum Gasteiger partial charge on any atom is 0.270 e. The SMILES string of the molecule is O=[N+]([O-])c1ccc(C(O)C(O)CS)c(Cl)c1. The van der Waals surface area contributed by atoms with E-state index in [4.69, 9.17) is 11.6 Å². The smallest absolute Gasteiger partial charge is 0.270 e. The van der Waals surface area contributed by atoms with Crippen LogP contribution in [-0.4, -0.2) is 27.0 Å². The van der Waals surface area contributed by atoms with Crippen LogP contribution in [0.5, 0.6) is 0 Å². The number of benzene rings is 1. The summed E-state index contributed by atoms with van der Waals surface area (Å²) in [7, 11) is 0. The van der Waals surface area contributed by atoms with Gasteiger partial charge in [0, 0.05) is 23.4 Å². The summed E-state index contributed by atoms with van der Waals surface area (Å²) in [5.74, 6) is 0.0640. The second-order valence-corrected chi connectivity index (χ2v) is 3.93. The lowest BCUT2D eigenvalue weighted by Gasteiger charge is -2.17. The van der Waals surface area contributed by atoms with Gasteiger partial charge in [-0.25, -0.2) is 0 Å². The molecule has 1 aromatic rings. The van der Waals surface area contributed by atoms with Crippen LogP contribution in [0, 0.1) is 10.1 Å². The third kappa shape index (κ3) is 2.85. The van der Waals surface area contributed by atoms with E-state index in [2.05, 4.69) is 12.6 Å². The van der Waals surface area contributed by atoms with Gasteiger partial charge in [0.25, 0.3) is 5.69 Å². The molecule has 5 nitrogen and oxygen atoms in total. The van der Waals surface area contributed by atoms with Crippen LogP contribution in [0.15, 0.2) is 18.2 Å². The number of nitrogens with zero attached hydrogens (tertiary/aromatic N) is 1. The topological polar surface area (TPSA) is 83.6 Å². The minimum Gasteiger partial charge on any atom is -0.389 e. The molecule has 88 valence electrons. The number of nitro benzene ring substituents is 1. The van der Waals surface area contributed by atoms with Crippen LogP contribution in [0.4, 0.5) is 5.69 Å². The Kier molecular flexibility index (Phi) is 4.55. The van der Waals surface area contributed by atoms with Gasteiger partial charge in [-0.2, -0.15) is 12.6 Å². The monoisotopic (exact) mass is 263 g/mol. The summed E-state index contributed by atoms with van der Waals surface area (Å²) in [6, 6.07) is 3.67. The van der Waals surface area contributed by atoms with Crippen LogP contribution in [0.25, 0.3) is 0 Å². The summed E-state index contributed by atoms with van der Waals surface area (Å²) in [5, 5.41) is 29.5. The molecule has 0 amide bonds. The Morgan fingerprint density at radius 2 is 2.12 bits per heavy atom. The van der Waals surface area contributed by atoms with Crippen LogP contribution in [0.2, 0.25) is 5.02 Å². The molecular formula is C9H10ClNO4S. The average Bonchev–Trinajstić information content (AvgIpc) is 2.26. The first-order valence-electron chi connectivity index (χ1n) is 4.38. The summed E-state index contributed by atoms with van der Waals surface area (Å²) in [6.45, 7) is 0. The van der Waals surface area contributed by atoms with Gasteiger partial charge in [0.05, 0.1) is 16.0 Å². The maximum atomic E-state index is 10.4. The highest BCUT2D eigenvalue weighted by molar-refractivity contribution is 7.80. The van der Waals surface area contributed by atoms with Crippen molar-refractivity contribution in [2.75, 3.05) is 5.75 Å². The number of hydrogen-bond acceptors (Lipinski definition) is 5. The molecule has 0 bridgehead atoms. The third-order valence-electron chi connectivity index (χ3n) is 2.07. The first kappa shape index (κ1) is 13.2. The molecule has 0 aliphatic rings. The summed E-state index contributed by atoms with van der Waals surface area (Å²) in [5.41, 5.74) is 0.0788. The van der Waals surface area contributed by atoms with E-state index < -0.39 is 17.1 Å². The number of thiol groups is 1. The highest BCUT2D eigenvalue weighted by Gasteiger charge is 2.21. The zero-order valence-electron chi connectivity index (χ0n) is 8.08. The number of aliphatic hydroxyl groups excluding tert-OH is 2. The van der Waals surface area contributed by atoms with E-state index >= 15 is 0 Å². The molecule has 2 unspecified atom stereocenters. The maximum absolute atomic E-state index is 10.4. The number of halogens is 1. The van der Waals surface area contributed by atoms with Gasteiger partial charge in [-0.05, 0) is 6.07 Å². The molecule has 0 heterocycles. The Bertz CT molecular complexity index is 401. The number of rotatable bonds is 4. The Morgan fingerprint density at radius 1 is 1.50 bits per heavy atom. The van der Waals surface area contributed by atoms with Gasteiger partial charge >= 0.3 is 0 Å². The molecule has 0 aliphatic heterocycles. The molecule has 7 heteroatoms. The Labute approximate surface area is 102 Å². The molecule has 16 heavy (non-hydrogen) atoms. The number of hydrogen-bond donors (Lipinski definition) is 3. The first-order chi connectivity index (χ1) is 7.47. The van der Waals surface area contributed by atoms with Gasteiger partial charge in [-0.1, -0.05) is 11.6 Å². The quantitative estimate of drug-likeness (QED) is 0.437. The van der Waals surface area contributed by atoms with Gasteiger partial charge in [0.2, 0.25) is 0 Å². The van der Waals surface area contributed by atoms with Crippen molar-refractivity contribution in [3.05, 3.63) is 38.9 Å². The highest BCUT2D eigenvalue weighted by atomic mass is 35.5. The lowest BCUT2D eigenvalue weighted by Crippen LogP contribution is -2.20. The van der Waals surface area contributed by atoms with Gasteiger partial charge in [-0.15, -0.1) is 0 Å². The van der Waals surface area contributed by atoms with Crippen LogP contribution >= 0.6 is 24.2 Å². The number of aliphatic hydroxyl groups is 2. The van der Waals surface area contributed by atoms with Crippen molar-refractivity contribution in [1.29, 1.82) is 0 Å². The van der Waals surface area contributed by atoms with Gasteiger partial charge in [-0.3, -0.25) is 10.1 Å². The van der Waals surface area contributed by atoms with Crippen molar-refractivity contribution < 1.29 is 15.1 Å². The lowest BCUT2D eigenvalue weighted by atomic mass is 10.1. The van der Waals surface area contributed by atoms with Crippen LogP contribution in [0.3, 0.4) is 0 Å². The van der Waals surface area contributed by atoms with Crippen LogP contribution in [0.1, 0.15) is 11.7 Å². The molecular weight excluding hydrogens is 254 g/mol. The van der Waals surface area contributed by atoms with Crippen LogP contribution in [-0.2, 0) is 0 Å². The summed E-state index contributed by atoms with van der Waals surface area (Å²) in [6.07, 6.45) is -2.27. The molecule has 0 aliphatic carbocycles. The van der Waals surface area contributed by atoms with Crippen molar-refractivity contribution in [3.8, 4) is 0 Å². The van der Waals surface area contributed by atoms with Gasteiger partial charge < -0.3 is 10.2 Å². The van der Waals surface area contributed by atoms with Crippen molar-refractivity contribution in [2.45, 2.75) is 12.2 Å². The Hall–Kier alpha value is -0.820. The molecule has 1 aromatic carbocycles. The lowest BCUT2D eigenvalue weighted by molar-refractivity contribution is -0.384. The van der Waals surface area contributed by atoms with Crippen molar-refractivity contribution >= 4 is 29.9 Å². The zero-order chi connectivity index (χ0) is 12.3. The molecule has 2 N–H and O–H groups in total. The van der Waals surface area contributed by atoms with Crippen molar-refractivity contribution in [3.63, 3.8) is 0 Å². The zero-order valence-corrected chi connectivity index (χ0v) is 9.73. The minimum absolute atomic E-state index is 0.0440. The van der Waals surface area contributed by atoms with E-state index in [0.29, 0.717) is 0 Å². The fourth-order valence-electron chi connectivity index (χ4n) is 1.18. The number of non-ortho nitro benzene ring substituents is 1. The summed E-state index contributed by atoms with van der Waals surface area (Å²) >= 11 is 9.60. The largest absolute Gasteiger partial charge is 0.389 e. The van der Waals surface area contributed by atoms with E-state index in [0.717, 1.165) is 6.07 Å². The average molecular weight is 264 g/mol. The Morgan fingerprint density at radius 3 is 2.56 bits per heavy atom. The predicted octanol–water partition coefficient (Wildman–Crippen LogP) is 1.57. The highest BCUT2D eigenvalue weighted by Crippen LogP contribution is 2.29. The molecule has 0 saturated carbocycles. The normalized spacial score (nSPS) is 14.5. The molecule has 0 spiro atoms. The van der Waals surface area contributed by atoms with E-state index in [1.807, 2.05) is 0 Å². The fourth-order valence-corrected chi connectivity index (χ4v) is 1.66. The number of nitro groups is 1. The molecule has 1 rings (SSSR count). The summed E-state index contributed by atoms with van der Waals surface area (Å²) < 4.78 is 0. The Balaban J connectivity index is 3.03. The first-order valence-corrected chi connectivity index (χ1v) is 5.39. The summed E-state index contributed by atoms with van der Waals surface area (Å²) in [4.78, 5) is 9.86. The van der Waals surface area contributed by atoms with E-state index in [1.54, 1.807) is 0 Å².